The van der Waals surface area contributed by atoms with E-state index in [1.807, 2.05) is 0 Å². The summed E-state index contributed by atoms with van der Waals surface area (Å²) >= 11 is 0. The van der Waals surface area contributed by atoms with Gasteiger partial charge in [-0.05, 0) is 37.8 Å². The molecule has 0 atom stereocenters. The quantitative estimate of drug-likeness (QED) is 0.198. The zero-order valence-electron chi connectivity index (χ0n) is 19.9. The van der Waals surface area contributed by atoms with Gasteiger partial charge in [-0.25, -0.2) is 0 Å². The van der Waals surface area contributed by atoms with Crippen molar-refractivity contribution in [2.45, 2.75) is 86.0 Å². The molecule has 0 unspecified atom stereocenters. The van der Waals surface area contributed by atoms with E-state index in [1.54, 1.807) is 30.7 Å². The highest BCUT2D eigenvalue weighted by Gasteiger charge is 2.34. The van der Waals surface area contributed by atoms with Crippen molar-refractivity contribution in [1.29, 1.82) is 0 Å². The number of carboxylic acids is 1. The molecule has 0 amide bonds. The number of para-hydroxylation sites is 1. The van der Waals surface area contributed by atoms with E-state index in [0.717, 1.165) is 0 Å². The number of aromatic carboxylic acids is 1. The smallest absolute Gasteiger partial charge is 0.308 e. The molecule has 4 nitrogen and oxygen atoms in total. The summed E-state index contributed by atoms with van der Waals surface area (Å²) in [6.45, 7) is 10.6. The summed E-state index contributed by atoms with van der Waals surface area (Å²) in [4.78, 5) is 21.1. The van der Waals surface area contributed by atoms with Gasteiger partial charge in [-0.2, -0.15) is 0 Å². The fourth-order valence-corrected chi connectivity index (χ4v) is 8.81. The van der Waals surface area contributed by atoms with Crippen LogP contribution in [0.25, 0.3) is 0 Å². The van der Waals surface area contributed by atoms with Gasteiger partial charge in [-0.1, -0.05) is 65.5 Å². The van der Waals surface area contributed by atoms with E-state index in [1.165, 1.54) is 76.5 Å². The lowest BCUT2D eigenvalue weighted by Gasteiger charge is -2.28. The number of esters is 1. The lowest BCUT2D eigenvalue weighted by Crippen LogP contribution is -2.23. The summed E-state index contributed by atoms with van der Waals surface area (Å²) in [5, 5.41) is 10.5. The maximum Gasteiger partial charge on any atom is 0.308 e. The van der Waals surface area contributed by atoms with Crippen molar-refractivity contribution in [3.8, 4) is 5.75 Å². The van der Waals surface area contributed by atoms with Crippen LogP contribution in [0, 0.1) is 0 Å². The standard InChI is InChI=1S/C16H36P.C9H8O4/c1-5-9-13-17(14-10-6-2,15-11-7-3)16-12-8-4;1-6(10)13-8-5-3-2-4-7(8)9(11)12/h5-16H2,1-4H3;2-5H,1H3,(H,11,12)/q+1;/p-1. The van der Waals surface area contributed by atoms with Gasteiger partial charge >= 0.3 is 5.97 Å². The van der Waals surface area contributed by atoms with E-state index in [-0.39, 0.29) is 11.3 Å². The Balaban J connectivity index is 0.000000579. The van der Waals surface area contributed by atoms with Crippen molar-refractivity contribution < 1.29 is 19.4 Å². The number of hydrogen-bond donors (Lipinski definition) is 0. The van der Waals surface area contributed by atoms with Crippen LogP contribution in [-0.2, 0) is 4.79 Å². The molecule has 0 aliphatic heterocycles. The lowest BCUT2D eigenvalue weighted by atomic mass is 10.2. The van der Waals surface area contributed by atoms with Crippen LogP contribution in [0.2, 0.25) is 0 Å². The van der Waals surface area contributed by atoms with Gasteiger partial charge in [0.05, 0.1) is 30.6 Å². The van der Waals surface area contributed by atoms with Gasteiger partial charge in [-0.15, -0.1) is 0 Å². The van der Waals surface area contributed by atoms with Crippen LogP contribution >= 0.6 is 7.26 Å². The molecule has 0 bridgehead atoms. The van der Waals surface area contributed by atoms with Crippen molar-refractivity contribution in [3.05, 3.63) is 29.8 Å². The summed E-state index contributed by atoms with van der Waals surface area (Å²) in [6, 6.07) is 5.81. The number of carboxylic acid groups (broad SMARTS) is 1. The third-order valence-electron chi connectivity index (χ3n) is 5.30. The molecule has 0 heterocycles. The van der Waals surface area contributed by atoms with Crippen LogP contribution in [0.5, 0.6) is 5.75 Å². The third-order valence-corrected chi connectivity index (χ3v) is 10.4. The largest absolute Gasteiger partial charge is 0.545 e. The number of hydrogen-bond acceptors (Lipinski definition) is 4. The Kier molecular flexibility index (Phi) is 16.5. The third kappa shape index (κ3) is 12.3. The molecular formula is C25H43O4P. The highest BCUT2D eigenvalue weighted by molar-refractivity contribution is 7.75. The van der Waals surface area contributed by atoms with Crippen LogP contribution < -0.4 is 9.84 Å². The van der Waals surface area contributed by atoms with Crippen molar-refractivity contribution in [2.24, 2.45) is 0 Å². The summed E-state index contributed by atoms with van der Waals surface area (Å²) in [7, 11) is -0.562. The SMILES string of the molecule is CC(=O)Oc1ccccc1C(=O)[O-].CCCC[P+](CCCC)(CCCC)CCCC. The summed E-state index contributed by atoms with van der Waals surface area (Å²) in [6.07, 6.45) is 17.9. The number of rotatable bonds is 14. The van der Waals surface area contributed by atoms with Gasteiger partial charge in [0.25, 0.3) is 0 Å². The number of ether oxygens (including phenoxy) is 1. The average Bonchev–Trinajstić information content (AvgIpc) is 2.73. The molecule has 5 heteroatoms. The first kappa shape index (κ1) is 28.6. The molecule has 0 saturated heterocycles. The second kappa shape index (κ2) is 17.3. The molecule has 0 N–H and O–H groups in total. The fraction of sp³-hybridized carbons (Fsp3) is 0.680. The normalized spacial score (nSPS) is 10.8. The zero-order valence-corrected chi connectivity index (χ0v) is 20.8. The highest BCUT2D eigenvalue weighted by Crippen LogP contribution is 2.61. The Morgan fingerprint density at radius 3 is 1.53 bits per heavy atom. The molecule has 0 radical (unpaired) electrons. The maximum atomic E-state index is 10.6. The van der Waals surface area contributed by atoms with Crippen molar-refractivity contribution in [3.63, 3.8) is 0 Å². The Morgan fingerprint density at radius 2 is 1.20 bits per heavy atom. The molecule has 1 aromatic rings. The Morgan fingerprint density at radius 1 is 0.800 bits per heavy atom. The van der Waals surface area contributed by atoms with E-state index in [0.29, 0.717) is 0 Å². The van der Waals surface area contributed by atoms with Crippen LogP contribution in [0.15, 0.2) is 24.3 Å². The monoisotopic (exact) mass is 438 g/mol. The average molecular weight is 439 g/mol. The molecular weight excluding hydrogens is 395 g/mol. The minimum atomic E-state index is -1.36. The predicted molar refractivity (Wildman–Crippen MR) is 128 cm³/mol. The van der Waals surface area contributed by atoms with Crippen LogP contribution in [0.3, 0.4) is 0 Å². The van der Waals surface area contributed by atoms with Gasteiger partial charge in [0.15, 0.2) is 0 Å². The first-order chi connectivity index (χ1) is 14.4. The van der Waals surface area contributed by atoms with Gasteiger partial charge in [0.2, 0.25) is 0 Å². The van der Waals surface area contributed by atoms with Crippen molar-refractivity contribution >= 4 is 19.2 Å². The number of benzene rings is 1. The molecule has 0 fully saturated rings. The molecule has 0 aliphatic rings. The minimum absolute atomic E-state index is 0.00926. The molecule has 1 rings (SSSR count). The van der Waals surface area contributed by atoms with Crippen LogP contribution in [-0.4, -0.2) is 36.6 Å². The predicted octanol–water partition coefficient (Wildman–Crippen LogP) is 6.18. The first-order valence-electron chi connectivity index (χ1n) is 11.7. The molecule has 172 valence electrons. The van der Waals surface area contributed by atoms with E-state index >= 15 is 0 Å². The molecule has 0 spiro atoms. The van der Waals surface area contributed by atoms with Crippen molar-refractivity contribution in [2.75, 3.05) is 24.6 Å². The van der Waals surface area contributed by atoms with Crippen molar-refractivity contribution in [1.82, 2.24) is 0 Å². The Hall–Kier alpha value is -1.41. The second-order valence-corrected chi connectivity index (χ2v) is 12.5. The summed E-state index contributed by atoms with van der Waals surface area (Å²) in [5.74, 6) is -1.92. The van der Waals surface area contributed by atoms with E-state index < -0.39 is 19.2 Å². The fourth-order valence-electron chi connectivity index (χ4n) is 3.52. The number of carbonyl (C=O) groups excluding carboxylic acids is 2. The molecule has 0 aromatic heterocycles. The molecule has 30 heavy (non-hydrogen) atoms. The van der Waals surface area contributed by atoms with E-state index in [2.05, 4.69) is 32.4 Å². The molecule has 0 aliphatic carbocycles. The number of carbonyl (C=O) groups is 2. The lowest BCUT2D eigenvalue weighted by molar-refractivity contribution is -0.255. The summed E-state index contributed by atoms with van der Waals surface area (Å²) < 4.78 is 4.65. The topological polar surface area (TPSA) is 66.4 Å². The van der Waals surface area contributed by atoms with Gasteiger partial charge in [0.1, 0.15) is 5.75 Å². The number of unbranched alkanes of at least 4 members (excludes halogenated alkanes) is 4. The van der Waals surface area contributed by atoms with Gasteiger partial charge < -0.3 is 14.6 Å². The maximum absolute atomic E-state index is 10.6. The van der Waals surface area contributed by atoms with E-state index in [4.69, 9.17) is 0 Å². The molecule has 0 saturated carbocycles. The minimum Gasteiger partial charge on any atom is -0.545 e. The second-order valence-electron chi connectivity index (χ2n) is 8.03. The first-order valence-corrected chi connectivity index (χ1v) is 14.2. The highest BCUT2D eigenvalue weighted by atomic mass is 31.2. The zero-order chi connectivity index (χ0) is 22.8. The van der Waals surface area contributed by atoms with Crippen LogP contribution in [0.4, 0.5) is 0 Å². The summed E-state index contributed by atoms with van der Waals surface area (Å²) in [5.41, 5.74) is -0.127. The van der Waals surface area contributed by atoms with E-state index in [9.17, 15) is 14.7 Å². The Labute approximate surface area is 185 Å². The molecule has 1 aromatic carbocycles. The Bertz CT molecular complexity index is 563. The van der Waals surface area contributed by atoms with Crippen LogP contribution in [0.1, 0.15) is 96.3 Å². The van der Waals surface area contributed by atoms with Gasteiger partial charge in [-0.3, -0.25) is 4.79 Å². The van der Waals surface area contributed by atoms with Gasteiger partial charge in [0, 0.05) is 19.7 Å².